The molecule has 2 saturated heterocycles. The van der Waals surface area contributed by atoms with Crippen LogP contribution in [0.4, 0.5) is 0 Å². The highest BCUT2D eigenvalue weighted by atomic mass is 32.1. The van der Waals surface area contributed by atoms with E-state index in [9.17, 15) is 0 Å². The molecule has 5 heteroatoms. The van der Waals surface area contributed by atoms with Gasteiger partial charge in [0, 0.05) is 19.0 Å². The molecule has 16 heavy (non-hydrogen) atoms. The summed E-state index contributed by atoms with van der Waals surface area (Å²) in [6.07, 6.45) is 2.67. The van der Waals surface area contributed by atoms with Crippen LogP contribution in [0.15, 0.2) is 0 Å². The molecular formula is C11H17N3OS. The fraction of sp³-hybridized carbons (Fsp3) is 0.818. The van der Waals surface area contributed by atoms with Gasteiger partial charge in [0.1, 0.15) is 5.69 Å². The maximum Gasteiger partial charge on any atom is 0.249 e. The van der Waals surface area contributed by atoms with Gasteiger partial charge in [-0.05, 0) is 32.2 Å². The van der Waals surface area contributed by atoms with Crippen molar-refractivity contribution in [2.45, 2.75) is 25.7 Å². The first kappa shape index (κ1) is 10.5. The highest BCUT2D eigenvalue weighted by Gasteiger charge is 2.39. The quantitative estimate of drug-likeness (QED) is 0.805. The molecule has 3 unspecified atom stereocenters. The number of hydrogen-bond acceptors (Lipinski definition) is 5. The summed E-state index contributed by atoms with van der Waals surface area (Å²) in [6.45, 7) is 6.33. The Balaban J connectivity index is 1.83. The molecule has 0 saturated carbocycles. The number of rotatable bonds is 3. The van der Waals surface area contributed by atoms with E-state index in [1.807, 2.05) is 6.92 Å². The van der Waals surface area contributed by atoms with Crippen molar-refractivity contribution in [2.24, 2.45) is 5.92 Å². The number of hydrogen-bond donors (Lipinski definition) is 0. The largest absolute Gasteiger partial charge is 0.476 e. The van der Waals surface area contributed by atoms with Gasteiger partial charge in [0.2, 0.25) is 5.88 Å². The summed E-state index contributed by atoms with van der Waals surface area (Å²) in [5.41, 5.74) is 1.11. The smallest absolute Gasteiger partial charge is 0.249 e. The van der Waals surface area contributed by atoms with Crippen molar-refractivity contribution in [1.29, 1.82) is 0 Å². The predicted octanol–water partition coefficient (Wildman–Crippen LogP) is 1.75. The molecule has 3 heterocycles. The molecule has 4 nitrogen and oxygen atoms in total. The second-order valence-electron chi connectivity index (χ2n) is 4.66. The van der Waals surface area contributed by atoms with E-state index in [-0.39, 0.29) is 0 Å². The van der Waals surface area contributed by atoms with E-state index >= 15 is 0 Å². The van der Waals surface area contributed by atoms with Crippen LogP contribution >= 0.6 is 11.7 Å². The molecule has 3 atom stereocenters. The van der Waals surface area contributed by atoms with Crippen molar-refractivity contribution in [1.82, 2.24) is 13.6 Å². The summed E-state index contributed by atoms with van der Waals surface area (Å²) < 4.78 is 14.3. The molecule has 88 valence electrons. The van der Waals surface area contributed by atoms with Gasteiger partial charge in [0.05, 0.1) is 18.3 Å². The van der Waals surface area contributed by atoms with Crippen LogP contribution < -0.4 is 4.74 Å². The highest BCUT2D eigenvalue weighted by molar-refractivity contribution is 6.99. The van der Waals surface area contributed by atoms with E-state index in [1.54, 1.807) is 0 Å². The number of fused-ring (bicyclic) bond motifs is 2. The fourth-order valence-corrected chi connectivity index (χ4v) is 3.54. The van der Waals surface area contributed by atoms with Crippen molar-refractivity contribution < 1.29 is 4.74 Å². The Hall–Kier alpha value is -0.680. The Morgan fingerprint density at radius 2 is 2.38 bits per heavy atom. The Morgan fingerprint density at radius 3 is 3.19 bits per heavy atom. The molecule has 2 fully saturated rings. The van der Waals surface area contributed by atoms with Crippen molar-refractivity contribution in [3.05, 3.63) is 5.69 Å². The first-order valence-corrected chi connectivity index (χ1v) is 6.79. The van der Waals surface area contributed by atoms with Gasteiger partial charge in [-0.3, -0.25) is 0 Å². The summed E-state index contributed by atoms with van der Waals surface area (Å²) in [6, 6.07) is 0. The van der Waals surface area contributed by atoms with Gasteiger partial charge in [-0.15, -0.1) is 4.37 Å². The van der Waals surface area contributed by atoms with Crippen LogP contribution in [0.2, 0.25) is 0 Å². The normalized spacial score (nSPS) is 32.9. The van der Waals surface area contributed by atoms with Gasteiger partial charge >= 0.3 is 0 Å². The summed E-state index contributed by atoms with van der Waals surface area (Å²) in [7, 11) is 0. The molecule has 3 rings (SSSR count). The molecule has 1 aromatic rings. The van der Waals surface area contributed by atoms with E-state index in [1.165, 1.54) is 37.7 Å². The van der Waals surface area contributed by atoms with Crippen molar-refractivity contribution >= 4 is 11.7 Å². The van der Waals surface area contributed by atoms with E-state index in [2.05, 4.69) is 13.6 Å². The van der Waals surface area contributed by atoms with Gasteiger partial charge in [0.15, 0.2) is 0 Å². The maximum atomic E-state index is 5.56. The molecular weight excluding hydrogens is 222 g/mol. The van der Waals surface area contributed by atoms with Gasteiger partial charge in [-0.25, -0.2) is 0 Å². The highest BCUT2D eigenvalue weighted by Crippen LogP contribution is 2.40. The molecule has 0 spiro atoms. The number of aromatic nitrogens is 2. The average molecular weight is 239 g/mol. The van der Waals surface area contributed by atoms with Crippen LogP contribution in [0.5, 0.6) is 5.88 Å². The van der Waals surface area contributed by atoms with Crippen molar-refractivity contribution in [2.75, 3.05) is 26.2 Å². The third kappa shape index (κ3) is 1.72. The topological polar surface area (TPSA) is 38.3 Å². The van der Waals surface area contributed by atoms with Crippen molar-refractivity contribution in [3.8, 4) is 5.88 Å². The Labute approximate surface area is 99.9 Å². The zero-order chi connectivity index (χ0) is 11.0. The van der Waals surface area contributed by atoms with Crippen LogP contribution in [-0.4, -0.2) is 39.9 Å². The summed E-state index contributed by atoms with van der Waals surface area (Å²) >= 11 is 1.28. The average Bonchev–Trinajstić information content (AvgIpc) is 2.85. The van der Waals surface area contributed by atoms with Gasteiger partial charge in [-0.2, -0.15) is 4.37 Å². The van der Waals surface area contributed by atoms with Gasteiger partial charge < -0.3 is 9.64 Å². The fourth-order valence-electron chi connectivity index (χ4n) is 2.97. The third-order valence-electron chi connectivity index (χ3n) is 3.68. The second kappa shape index (κ2) is 4.30. The SMILES string of the molecule is CCOc1nsnc1C1CN2CCCC1C2. The zero-order valence-corrected chi connectivity index (χ0v) is 10.4. The molecule has 0 radical (unpaired) electrons. The van der Waals surface area contributed by atoms with E-state index < -0.39 is 0 Å². The zero-order valence-electron chi connectivity index (χ0n) is 9.56. The monoisotopic (exact) mass is 239 g/mol. The lowest BCUT2D eigenvalue weighted by Crippen LogP contribution is -2.25. The van der Waals surface area contributed by atoms with Crippen LogP contribution in [0.3, 0.4) is 0 Å². The van der Waals surface area contributed by atoms with E-state index in [4.69, 9.17) is 4.74 Å². The number of nitrogens with zero attached hydrogens (tertiary/aromatic N) is 3. The third-order valence-corrected chi connectivity index (χ3v) is 4.21. The molecule has 0 N–H and O–H groups in total. The summed E-state index contributed by atoms with van der Waals surface area (Å²) in [5, 5.41) is 0. The lowest BCUT2D eigenvalue weighted by Gasteiger charge is -2.21. The van der Waals surface area contributed by atoms with Crippen LogP contribution in [0, 0.1) is 5.92 Å². The van der Waals surface area contributed by atoms with Crippen LogP contribution in [0.25, 0.3) is 0 Å². The molecule has 2 aliphatic heterocycles. The minimum Gasteiger partial charge on any atom is -0.476 e. The summed E-state index contributed by atoms with van der Waals surface area (Å²) in [5.74, 6) is 2.12. The second-order valence-corrected chi connectivity index (χ2v) is 5.18. The molecule has 2 aliphatic rings. The minimum absolute atomic E-state index is 0.558. The van der Waals surface area contributed by atoms with Crippen LogP contribution in [0.1, 0.15) is 31.4 Å². The lowest BCUT2D eigenvalue weighted by molar-refractivity contribution is 0.269. The van der Waals surface area contributed by atoms with E-state index in [0.717, 1.165) is 24.0 Å². The maximum absolute atomic E-state index is 5.56. The van der Waals surface area contributed by atoms with E-state index in [0.29, 0.717) is 12.5 Å². The molecule has 1 aromatic heterocycles. The molecule has 0 aliphatic carbocycles. The molecule has 2 bridgehead atoms. The first-order valence-electron chi connectivity index (χ1n) is 6.06. The van der Waals surface area contributed by atoms with Gasteiger partial charge in [0.25, 0.3) is 0 Å². The lowest BCUT2D eigenvalue weighted by atomic mass is 9.89. The summed E-state index contributed by atoms with van der Waals surface area (Å²) in [4.78, 5) is 2.55. The van der Waals surface area contributed by atoms with Gasteiger partial charge in [-0.1, -0.05) is 0 Å². The minimum atomic E-state index is 0.558. The Kier molecular flexibility index (Phi) is 2.81. The Morgan fingerprint density at radius 1 is 1.44 bits per heavy atom. The Bertz CT molecular complexity index is 368. The molecule has 0 aromatic carbocycles. The standard InChI is InChI=1S/C11H17N3OS/c1-2-15-11-10(12-16-13-11)9-7-14-5-3-4-8(9)6-14/h8-9H,2-7H2,1H3. The number of piperidine rings is 1. The van der Waals surface area contributed by atoms with Crippen LogP contribution in [-0.2, 0) is 0 Å². The van der Waals surface area contributed by atoms with Crippen molar-refractivity contribution in [3.63, 3.8) is 0 Å². The predicted molar refractivity (Wildman–Crippen MR) is 63.0 cm³/mol. The molecule has 0 amide bonds. The number of ether oxygens (including phenoxy) is 1. The first-order chi connectivity index (χ1) is 7.88.